The second-order valence-corrected chi connectivity index (χ2v) is 6.18. The zero-order chi connectivity index (χ0) is 18.2. The molecular weight excluding hydrogens is 453 g/mol. The van der Waals surface area contributed by atoms with Gasteiger partial charge >= 0.3 is 0 Å². The normalized spacial score (nSPS) is 12.6. The van der Waals surface area contributed by atoms with Crippen molar-refractivity contribution in [3.05, 3.63) is 59.2 Å². The van der Waals surface area contributed by atoms with E-state index in [9.17, 15) is 0 Å². The van der Waals surface area contributed by atoms with Gasteiger partial charge in [-0.1, -0.05) is 30.3 Å². The molecule has 1 aliphatic rings. The molecule has 0 saturated heterocycles. The summed E-state index contributed by atoms with van der Waals surface area (Å²) < 4.78 is 11.2. The number of benzene rings is 2. The van der Waals surface area contributed by atoms with Crippen LogP contribution >= 0.6 is 24.0 Å². The number of fused-ring (bicyclic) bond motifs is 1. The summed E-state index contributed by atoms with van der Waals surface area (Å²) in [6, 6.07) is 14.5. The quantitative estimate of drug-likeness (QED) is 0.361. The Bertz CT molecular complexity index is 765. The molecule has 27 heavy (non-hydrogen) atoms. The van der Waals surface area contributed by atoms with Crippen LogP contribution in [0.25, 0.3) is 0 Å². The second-order valence-electron chi connectivity index (χ2n) is 6.18. The lowest BCUT2D eigenvalue weighted by Gasteiger charge is -2.14. The molecule has 3 rings (SSSR count). The maximum Gasteiger partial charge on any atom is 0.191 e. The van der Waals surface area contributed by atoms with Crippen LogP contribution < -0.4 is 20.1 Å². The van der Waals surface area contributed by atoms with Crippen LogP contribution in [0.3, 0.4) is 0 Å². The first-order valence-corrected chi connectivity index (χ1v) is 9.20. The number of hydrogen-bond donors (Lipinski definition) is 2. The summed E-state index contributed by atoms with van der Waals surface area (Å²) in [7, 11) is 1.79. The monoisotopic (exact) mass is 481 g/mol. The Kier molecular flexibility index (Phi) is 8.71. The number of hydrogen-bond acceptors (Lipinski definition) is 3. The van der Waals surface area contributed by atoms with E-state index in [4.69, 9.17) is 9.47 Å². The first kappa shape index (κ1) is 21.3. The van der Waals surface area contributed by atoms with Gasteiger partial charge in [-0.25, -0.2) is 0 Å². The van der Waals surface area contributed by atoms with Crippen LogP contribution in [-0.2, 0) is 19.4 Å². The van der Waals surface area contributed by atoms with Gasteiger partial charge in [-0.15, -0.1) is 24.0 Å². The molecule has 6 heteroatoms. The molecule has 0 radical (unpaired) electrons. The summed E-state index contributed by atoms with van der Waals surface area (Å²) in [6.07, 6.45) is 1.96. The van der Waals surface area contributed by atoms with Gasteiger partial charge in [0.05, 0.1) is 13.2 Å². The summed E-state index contributed by atoms with van der Waals surface area (Å²) in [4.78, 5) is 4.30. The smallest absolute Gasteiger partial charge is 0.191 e. The number of aliphatic imine (C=N–C) groups is 1. The molecule has 146 valence electrons. The zero-order valence-electron chi connectivity index (χ0n) is 16.0. The lowest BCUT2D eigenvalue weighted by Crippen LogP contribution is -2.37. The first-order valence-electron chi connectivity index (χ1n) is 9.20. The van der Waals surface area contributed by atoms with Crippen molar-refractivity contribution in [1.82, 2.24) is 10.6 Å². The second kappa shape index (κ2) is 11.0. The van der Waals surface area contributed by atoms with E-state index in [1.807, 2.05) is 25.1 Å². The highest BCUT2D eigenvalue weighted by molar-refractivity contribution is 14.0. The zero-order valence-corrected chi connectivity index (χ0v) is 18.3. The van der Waals surface area contributed by atoms with Crippen LogP contribution in [0, 0.1) is 0 Å². The van der Waals surface area contributed by atoms with E-state index in [1.165, 1.54) is 11.1 Å². The molecule has 0 spiro atoms. The van der Waals surface area contributed by atoms with Crippen LogP contribution in [-0.4, -0.2) is 32.8 Å². The van der Waals surface area contributed by atoms with Crippen molar-refractivity contribution in [1.29, 1.82) is 0 Å². The van der Waals surface area contributed by atoms with Gasteiger partial charge in [-0.2, -0.15) is 0 Å². The van der Waals surface area contributed by atoms with E-state index in [0.717, 1.165) is 49.0 Å². The summed E-state index contributed by atoms with van der Waals surface area (Å²) in [6.45, 7) is 4.96. The highest BCUT2D eigenvalue weighted by Crippen LogP contribution is 2.25. The molecule has 0 amide bonds. The SMILES string of the molecule is CCOc1ccccc1CNC(=NC)NCCc1ccc2c(c1)CCO2.I. The van der Waals surface area contributed by atoms with Crippen LogP contribution in [0.5, 0.6) is 11.5 Å². The molecule has 1 aliphatic heterocycles. The van der Waals surface area contributed by atoms with Gasteiger partial charge in [0, 0.05) is 32.1 Å². The highest BCUT2D eigenvalue weighted by atomic mass is 127. The van der Waals surface area contributed by atoms with Gasteiger partial charge in [0.1, 0.15) is 11.5 Å². The minimum atomic E-state index is 0. The molecule has 2 aromatic carbocycles. The van der Waals surface area contributed by atoms with E-state index < -0.39 is 0 Å². The minimum Gasteiger partial charge on any atom is -0.494 e. The largest absolute Gasteiger partial charge is 0.494 e. The Morgan fingerprint density at radius 2 is 2.04 bits per heavy atom. The van der Waals surface area contributed by atoms with Gasteiger partial charge in [-0.05, 0) is 36.6 Å². The molecule has 0 aromatic heterocycles. The van der Waals surface area contributed by atoms with Crippen molar-refractivity contribution in [2.45, 2.75) is 26.3 Å². The number of para-hydroxylation sites is 1. The average molecular weight is 481 g/mol. The van der Waals surface area contributed by atoms with Gasteiger partial charge < -0.3 is 20.1 Å². The van der Waals surface area contributed by atoms with E-state index in [1.54, 1.807) is 7.05 Å². The molecule has 0 unspecified atom stereocenters. The summed E-state index contributed by atoms with van der Waals surface area (Å²) in [5, 5.41) is 6.73. The fourth-order valence-electron chi connectivity index (χ4n) is 3.07. The van der Waals surface area contributed by atoms with E-state index in [2.05, 4.69) is 39.9 Å². The molecule has 2 aromatic rings. The Hall–Kier alpha value is -1.96. The van der Waals surface area contributed by atoms with Crippen molar-refractivity contribution in [3.8, 4) is 11.5 Å². The van der Waals surface area contributed by atoms with Crippen LogP contribution in [0.4, 0.5) is 0 Å². The number of halogens is 1. The maximum absolute atomic E-state index is 5.67. The number of ether oxygens (including phenoxy) is 2. The lowest BCUT2D eigenvalue weighted by molar-refractivity contribution is 0.336. The van der Waals surface area contributed by atoms with Gasteiger partial charge in [0.2, 0.25) is 0 Å². The number of rotatable bonds is 7. The summed E-state index contributed by atoms with van der Waals surface area (Å²) in [5.41, 5.74) is 3.76. The summed E-state index contributed by atoms with van der Waals surface area (Å²) >= 11 is 0. The molecule has 0 fully saturated rings. The van der Waals surface area contributed by atoms with Crippen molar-refractivity contribution in [3.63, 3.8) is 0 Å². The topological polar surface area (TPSA) is 54.9 Å². The molecule has 1 heterocycles. The predicted octanol–water partition coefficient (Wildman–Crippen LogP) is 3.55. The number of nitrogens with zero attached hydrogens (tertiary/aromatic N) is 1. The molecule has 0 bridgehead atoms. The molecular formula is C21H28IN3O2. The standard InChI is InChI=1S/C21H27N3O2.HI/c1-3-25-19-7-5-4-6-18(19)15-24-21(22-2)23-12-10-16-8-9-20-17(14-16)11-13-26-20;/h4-9,14H,3,10-13,15H2,1-2H3,(H2,22,23,24);1H. The van der Waals surface area contributed by atoms with Crippen molar-refractivity contribution < 1.29 is 9.47 Å². The van der Waals surface area contributed by atoms with Crippen molar-refractivity contribution in [2.24, 2.45) is 4.99 Å². The molecule has 0 aliphatic carbocycles. The predicted molar refractivity (Wildman–Crippen MR) is 121 cm³/mol. The van der Waals surface area contributed by atoms with E-state index in [0.29, 0.717) is 13.2 Å². The third-order valence-electron chi connectivity index (χ3n) is 4.40. The van der Waals surface area contributed by atoms with Gasteiger partial charge in [0.25, 0.3) is 0 Å². The van der Waals surface area contributed by atoms with Gasteiger partial charge in [-0.3, -0.25) is 4.99 Å². The highest BCUT2D eigenvalue weighted by Gasteiger charge is 2.11. The summed E-state index contributed by atoms with van der Waals surface area (Å²) in [5.74, 6) is 2.74. The Labute approximate surface area is 178 Å². The Balaban J connectivity index is 0.00000261. The fraction of sp³-hybridized carbons (Fsp3) is 0.381. The average Bonchev–Trinajstić information content (AvgIpc) is 3.13. The van der Waals surface area contributed by atoms with Crippen molar-refractivity contribution >= 4 is 29.9 Å². The molecule has 0 saturated carbocycles. The minimum absolute atomic E-state index is 0. The Morgan fingerprint density at radius 3 is 2.85 bits per heavy atom. The van der Waals surface area contributed by atoms with Crippen molar-refractivity contribution in [2.75, 3.05) is 26.8 Å². The fourth-order valence-corrected chi connectivity index (χ4v) is 3.07. The molecule has 5 nitrogen and oxygen atoms in total. The van der Waals surface area contributed by atoms with Crippen LogP contribution in [0.15, 0.2) is 47.5 Å². The molecule has 0 atom stereocenters. The maximum atomic E-state index is 5.67. The number of nitrogens with one attached hydrogen (secondary N) is 2. The van der Waals surface area contributed by atoms with Crippen LogP contribution in [0.2, 0.25) is 0 Å². The van der Waals surface area contributed by atoms with E-state index in [-0.39, 0.29) is 24.0 Å². The van der Waals surface area contributed by atoms with E-state index >= 15 is 0 Å². The number of guanidine groups is 1. The first-order chi connectivity index (χ1) is 12.8. The van der Waals surface area contributed by atoms with Crippen LogP contribution in [0.1, 0.15) is 23.6 Å². The lowest BCUT2D eigenvalue weighted by atomic mass is 10.1. The third kappa shape index (κ3) is 6.02. The molecule has 2 N–H and O–H groups in total. The van der Waals surface area contributed by atoms with Gasteiger partial charge in [0.15, 0.2) is 5.96 Å². The Morgan fingerprint density at radius 1 is 1.19 bits per heavy atom. The third-order valence-corrected chi connectivity index (χ3v) is 4.40.